The van der Waals surface area contributed by atoms with Gasteiger partial charge in [-0.3, -0.25) is 4.79 Å². The molecule has 0 bridgehead atoms. The second-order valence-corrected chi connectivity index (χ2v) is 11.6. The molecule has 9 heteroatoms. The first kappa shape index (κ1) is 26.2. The van der Waals surface area contributed by atoms with Crippen molar-refractivity contribution in [3.05, 3.63) is 112 Å². The lowest BCUT2D eigenvalue weighted by molar-refractivity contribution is 0.0984. The van der Waals surface area contributed by atoms with Crippen molar-refractivity contribution in [3.63, 3.8) is 0 Å². The number of aromatic nitrogens is 2. The molecule has 0 saturated carbocycles. The number of hydrogen-bond acceptors (Lipinski definition) is 4. The molecular weight excluding hydrogens is 520 g/mol. The number of benzene rings is 3. The summed E-state index contributed by atoms with van der Waals surface area (Å²) < 4.78 is 31.1. The van der Waals surface area contributed by atoms with Gasteiger partial charge in [0, 0.05) is 41.8 Å². The van der Waals surface area contributed by atoms with Crippen molar-refractivity contribution in [1.29, 1.82) is 0 Å². The van der Waals surface area contributed by atoms with E-state index in [4.69, 9.17) is 11.6 Å². The number of fused-ring (bicyclic) bond motifs is 1. The van der Waals surface area contributed by atoms with Crippen molar-refractivity contribution >= 4 is 33.2 Å². The van der Waals surface area contributed by atoms with Crippen LogP contribution in [0, 0.1) is 0 Å². The third-order valence-corrected chi connectivity index (χ3v) is 8.72. The minimum atomic E-state index is -3.71. The quantitative estimate of drug-likeness (QED) is 0.317. The van der Waals surface area contributed by atoms with Crippen molar-refractivity contribution in [1.82, 2.24) is 14.3 Å². The molecule has 1 aliphatic rings. The third-order valence-electron chi connectivity index (χ3n) is 7.00. The highest BCUT2D eigenvalue weighted by atomic mass is 35.5. The molecule has 1 N–H and O–H groups in total. The smallest absolute Gasteiger partial charge is 0.258 e. The monoisotopic (exact) mass is 548 g/mol. The first-order chi connectivity index (χ1) is 18.2. The molecule has 1 amide bonds. The van der Waals surface area contributed by atoms with E-state index in [1.165, 1.54) is 0 Å². The number of hydrogen-bond donors (Lipinski definition) is 1. The number of anilines is 1. The van der Waals surface area contributed by atoms with E-state index in [9.17, 15) is 13.2 Å². The van der Waals surface area contributed by atoms with Gasteiger partial charge < -0.3 is 9.47 Å². The molecule has 1 aromatic heterocycles. The first-order valence-electron chi connectivity index (χ1n) is 12.5. The Morgan fingerprint density at radius 3 is 2.61 bits per heavy atom. The predicted octanol–water partition coefficient (Wildman–Crippen LogP) is 5.45. The number of halogens is 1. The van der Waals surface area contributed by atoms with E-state index >= 15 is 0 Å². The van der Waals surface area contributed by atoms with Gasteiger partial charge in [-0.25, -0.2) is 18.1 Å². The van der Waals surface area contributed by atoms with Gasteiger partial charge in [-0.15, -0.1) is 0 Å². The second kappa shape index (κ2) is 10.7. The number of amides is 1. The predicted molar refractivity (Wildman–Crippen MR) is 149 cm³/mol. The van der Waals surface area contributed by atoms with Gasteiger partial charge in [0.2, 0.25) is 10.0 Å². The van der Waals surface area contributed by atoms with Crippen molar-refractivity contribution < 1.29 is 13.2 Å². The summed E-state index contributed by atoms with van der Waals surface area (Å²) in [6, 6.07) is 19.2. The maximum Gasteiger partial charge on any atom is 0.258 e. The maximum atomic E-state index is 13.7. The Morgan fingerprint density at radius 2 is 1.92 bits per heavy atom. The number of carbonyl (C=O) groups excluding carboxylic acids is 1. The van der Waals surface area contributed by atoms with Gasteiger partial charge in [0.1, 0.15) is 5.82 Å². The fourth-order valence-corrected chi connectivity index (χ4v) is 6.23. The molecule has 7 nitrogen and oxygen atoms in total. The molecule has 1 atom stereocenters. The van der Waals surface area contributed by atoms with Crippen molar-refractivity contribution in [2.45, 2.75) is 43.7 Å². The Labute approximate surface area is 228 Å². The van der Waals surface area contributed by atoms with Crippen molar-refractivity contribution in [2.24, 2.45) is 7.05 Å². The molecule has 1 unspecified atom stereocenters. The lowest BCUT2D eigenvalue weighted by Gasteiger charge is -2.24. The summed E-state index contributed by atoms with van der Waals surface area (Å²) in [6.07, 6.45) is 5.76. The molecule has 3 aromatic carbocycles. The standard InChI is InChI=1S/C29H29ClN4O3S/c1-3-20-7-12-25(13-8-20)38(36,37)32-27-14-10-21-9-11-24(18-26(21)27)34(19-28-31-15-16-33(28)2)29(35)22-5-4-6-23(30)17-22/h4-9,11-13,15-18,27,32H,3,10,14,19H2,1-2H3. The molecular formula is C29H29ClN4O3S. The fraction of sp³-hybridized carbons (Fsp3) is 0.241. The van der Waals surface area contributed by atoms with Crippen LogP contribution in [-0.2, 0) is 36.5 Å². The van der Waals surface area contributed by atoms with E-state index in [-0.39, 0.29) is 17.3 Å². The zero-order valence-corrected chi connectivity index (χ0v) is 22.8. The van der Waals surface area contributed by atoms with E-state index < -0.39 is 16.1 Å². The van der Waals surface area contributed by atoms with E-state index in [1.54, 1.807) is 47.5 Å². The SMILES string of the molecule is CCc1ccc(S(=O)(=O)NC2CCc3ccc(N(Cc4nccn4C)C(=O)c4cccc(Cl)c4)cc32)cc1. The highest BCUT2D eigenvalue weighted by molar-refractivity contribution is 7.89. The number of carbonyl (C=O) groups is 1. The lowest BCUT2D eigenvalue weighted by atomic mass is 10.1. The van der Waals surface area contributed by atoms with Crippen molar-refractivity contribution in [2.75, 3.05) is 4.90 Å². The van der Waals surface area contributed by atoms with Crippen LogP contribution in [0.4, 0.5) is 5.69 Å². The number of sulfonamides is 1. The minimum absolute atomic E-state index is 0.221. The maximum absolute atomic E-state index is 13.7. The summed E-state index contributed by atoms with van der Waals surface area (Å²) in [6.45, 7) is 2.27. The Bertz CT molecular complexity index is 1580. The summed E-state index contributed by atoms with van der Waals surface area (Å²) >= 11 is 6.18. The van der Waals surface area contributed by atoms with Crippen LogP contribution in [0.2, 0.25) is 5.02 Å². The molecule has 1 heterocycles. The largest absolute Gasteiger partial charge is 0.337 e. The van der Waals surface area contributed by atoms with Crippen LogP contribution in [0.1, 0.15) is 52.3 Å². The molecule has 5 rings (SSSR count). The fourth-order valence-electron chi connectivity index (χ4n) is 4.79. The molecule has 0 saturated heterocycles. The number of imidazole rings is 1. The van der Waals surface area contributed by atoms with Crippen LogP contribution < -0.4 is 9.62 Å². The molecule has 4 aromatic rings. The van der Waals surface area contributed by atoms with Crippen LogP contribution in [-0.4, -0.2) is 23.9 Å². The number of aryl methyl sites for hydroxylation is 3. The van der Waals surface area contributed by atoms with Gasteiger partial charge in [-0.05, 0) is 78.4 Å². The lowest BCUT2D eigenvalue weighted by Crippen LogP contribution is -2.32. The molecule has 0 spiro atoms. The van der Waals surface area contributed by atoms with Crippen LogP contribution in [0.3, 0.4) is 0 Å². The Hall–Kier alpha value is -3.46. The third kappa shape index (κ3) is 5.38. The summed E-state index contributed by atoms with van der Waals surface area (Å²) in [5, 5.41) is 0.475. The molecule has 38 heavy (non-hydrogen) atoms. The Kier molecular flexibility index (Phi) is 7.38. The normalized spacial score (nSPS) is 14.9. The van der Waals surface area contributed by atoms with E-state index in [2.05, 4.69) is 9.71 Å². The van der Waals surface area contributed by atoms with E-state index in [0.29, 0.717) is 28.5 Å². The average Bonchev–Trinajstić information content (AvgIpc) is 3.51. The molecule has 0 aliphatic heterocycles. The van der Waals surface area contributed by atoms with Crippen LogP contribution >= 0.6 is 11.6 Å². The Morgan fingerprint density at radius 1 is 1.13 bits per heavy atom. The second-order valence-electron chi connectivity index (χ2n) is 9.45. The average molecular weight is 549 g/mol. The van der Waals surface area contributed by atoms with Crippen LogP contribution in [0.25, 0.3) is 0 Å². The van der Waals surface area contributed by atoms with Crippen LogP contribution in [0.15, 0.2) is 84.0 Å². The van der Waals surface area contributed by atoms with Gasteiger partial charge in [0.25, 0.3) is 5.91 Å². The topological polar surface area (TPSA) is 84.3 Å². The minimum Gasteiger partial charge on any atom is -0.337 e. The summed E-state index contributed by atoms with van der Waals surface area (Å²) in [4.78, 5) is 20.0. The van der Waals surface area contributed by atoms with E-state index in [1.807, 2.05) is 55.1 Å². The summed E-state index contributed by atoms with van der Waals surface area (Å²) in [5.74, 6) is 0.496. The van der Waals surface area contributed by atoms with Gasteiger partial charge in [-0.2, -0.15) is 0 Å². The molecule has 0 radical (unpaired) electrons. The zero-order valence-electron chi connectivity index (χ0n) is 21.3. The first-order valence-corrected chi connectivity index (χ1v) is 14.4. The molecule has 1 aliphatic carbocycles. The number of nitrogens with one attached hydrogen (secondary N) is 1. The van der Waals surface area contributed by atoms with Gasteiger partial charge in [0.15, 0.2) is 0 Å². The molecule has 196 valence electrons. The molecule has 0 fully saturated rings. The van der Waals surface area contributed by atoms with Gasteiger partial charge in [0.05, 0.1) is 11.4 Å². The highest BCUT2D eigenvalue weighted by Gasteiger charge is 2.29. The van der Waals surface area contributed by atoms with E-state index in [0.717, 1.165) is 29.5 Å². The van der Waals surface area contributed by atoms with Gasteiger partial charge >= 0.3 is 0 Å². The van der Waals surface area contributed by atoms with Crippen LogP contribution in [0.5, 0.6) is 0 Å². The number of rotatable bonds is 8. The summed E-state index contributed by atoms with van der Waals surface area (Å²) in [7, 11) is -1.83. The zero-order chi connectivity index (χ0) is 26.9. The highest BCUT2D eigenvalue weighted by Crippen LogP contribution is 2.36. The van der Waals surface area contributed by atoms with Gasteiger partial charge in [-0.1, -0.05) is 42.8 Å². The van der Waals surface area contributed by atoms with Crippen molar-refractivity contribution in [3.8, 4) is 0 Å². The number of nitrogens with zero attached hydrogens (tertiary/aromatic N) is 3. The summed E-state index contributed by atoms with van der Waals surface area (Å²) in [5.41, 5.74) is 4.14. The Balaban J connectivity index is 1.48.